The van der Waals surface area contributed by atoms with Crippen LogP contribution in [0.3, 0.4) is 0 Å². The van der Waals surface area contributed by atoms with Crippen LogP contribution in [0, 0.1) is 12.8 Å². The molecule has 0 N–H and O–H groups in total. The molecule has 1 aliphatic rings. The van der Waals surface area contributed by atoms with Gasteiger partial charge in [0.05, 0.1) is 12.5 Å². The fraction of sp³-hybridized carbons (Fsp3) is 0.588. The summed E-state index contributed by atoms with van der Waals surface area (Å²) >= 11 is 0. The average Bonchev–Trinajstić information content (AvgIpc) is 2.50. The van der Waals surface area contributed by atoms with Gasteiger partial charge < -0.3 is 9.47 Å². The maximum atomic E-state index is 11.8. The first-order valence-corrected chi connectivity index (χ1v) is 7.78. The van der Waals surface area contributed by atoms with Crippen LogP contribution in [0.5, 0.6) is 5.75 Å². The van der Waals surface area contributed by atoms with Gasteiger partial charge in [-0.2, -0.15) is 0 Å². The van der Waals surface area contributed by atoms with Crippen molar-refractivity contribution in [3.8, 4) is 5.75 Å². The quantitative estimate of drug-likeness (QED) is 0.755. The Bertz CT molecular complexity index is 461. The van der Waals surface area contributed by atoms with E-state index in [1.807, 2.05) is 38.1 Å². The van der Waals surface area contributed by atoms with Crippen LogP contribution in [0.1, 0.15) is 25.3 Å². The number of rotatable bonds is 6. The van der Waals surface area contributed by atoms with E-state index < -0.39 is 0 Å². The molecule has 4 heteroatoms. The molecule has 0 unspecified atom stereocenters. The van der Waals surface area contributed by atoms with Crippen LogP contribution in [0.15, 0.2) is 24.3 Å². The molecule has 0 amide bonds. The summed E-state index contributed by atoms with van der Waals surface area (Å²) in [6, 6.07) is 8.04. The summed E-state index contributed by atoms with van der Waals surface area (Å²) in [5.41, 5.74) is 1.15. The van der Waals surface area contributed by atoms with Gasteiger partial charge in [-0.3, -0.25) is 9.69 Å². The van der Waals surface area contributed by atoms with Gasteiger partial charge in [-0.25, -0.2) is 0 Å². The molecule has 0 spiro atoms. The third kappa shape index (κ3) is 4.74. The molecule has 1 heterocycles. The lowest BCUT2D eigenvalue weighted by Gasteiger charge is -2.31. The van der Waals surface area contributed by atoms with Crippen molar-refractivity contribution in [2.24, 2.45) is 5.92 Å². The van der Waals surface area contributed by atoms with Gasteiger partial charge >= 0.3 is 5.97 Å². The number of hydrogen-bond donors (Lipinski definition) is 0. The lowest BCUT2D eigenvalue weighted by Crippen LogP contribution is -2.41. The molecular weight excluding hydrogens is 266 g/mol. The number of likely N-dealkylation sites (tertiary alicyclic amines) is 1. The Morgan fingerprint density at radius 2 is 2.19 bits per heavy atom. The first kappa shape index (κ1) is 15.8. The molecular formula is C17H25NO3. The van der Waals surface area contributed by atoms with E-state index in [0.717, 1.165) is 43.8 Å². The smallest absolute Gasteiger partial charge is 0.310 e. The molecule has 0 saturated carbocycles. The largest absolute Gasteiger partial charge is 0.492 e. The third-order valence-corrected chi connectivity index (χ3v) is 3.88. The van der Waals surface area contributed by atoms with Crippen molar-refractivity contribution in [2.45, 2.75) is 26.7 Å². The minimum atomic E-state index is -0.0537. The van der Waals surface area contributed by atoms with Gasteiger partial charge in [-0.15, -0.1) is 0 Å². The first-order chi connectivity index (χ1) is 10.2. The number of piperidine rings is 1. The minimum absolute atomic E-state index is 0.0251. The lowest BCUT2D eigenvalue weighted by atomic mass is 9.98. The molecule has 1 fully saturated rings. The molecule has 1 aromatic rings. The standard InChI is InChI=1S/C17H25NO3/c1-3-20-17(19)15-8-6-10-18(13-15)11-12-21-16-9-5-4-7-14(16)2/h4-5,7,9,15H,3,6,8,10-13H2,1-2H3/t15-/m1/s1. The predicted molar refractivity (Wildman–Crippen MR) is 82.5 cm³/mol. The van der Waals surface area contributed by atoms with Gasteiger partial charge in [0.2, 0.25) is 0 Å². The Kier molecular flexibility index (Phi) is 6.05. The maximum absolute atomic E-state index is 11.8. The SMILES string of the molecule is CCOC(=O)[C@@H]1CCCN(CCOc2ccccc2C)C1. The number of aryl methyl sites for hydroxylation is 1. The predicted octanol–water partition coefficient (Wildman–Crippen LogP) is 2.65. The Morgan fingerprint density at radius 3 is 2.95 bits per heavy atom. The summed E-state index contributed by atoms with van der Waals surface area (Å²) < 4.78 is 10.9. The highest BCUT2D eigenvalue weighted by Crippen LogP contribution is 2.19. The van der Waals surface area contributed by atoms with E-state index in [1.165, 1.54) is 0 Å². The van der Waals surface area contributed by atoms with Crippen molar-refractivity contribution in [1.29, 1.82) is 0 Å². The lowest BCUT2D eigenvalue weighted by molar-refractivity contribution is -0.150. The monoisotopic (exact) mass is 291 g/mol. The fourth-order valence-electron chi connectivity index (χ4n) is 2.71. The van der Waals surface area contributed by atoms with E-state index in [-0.39, 0.29) is 11.9 Å². The zero-order chi connectivity index (χ0) is 15.1. The topological polar surface area (TPSA) is 38.8 Å². The van der Waals surface area contributed by atoms with Crippen LogP contribution >= 0.6 is 0 Å². The van der Waals surface area contributed by atoms with Crippen molar-refractivity contribution in [1.82, 2.24) is 4.90 Å². The number of carbonyl (C=O) groups excluding carboxylic acids is 1. The molecule has 2 rings (SSSR count). The molecule has 1 aromatic carbocycles. The third-order valence-electron chi connectivity index (χ3n) is 3.88. The number of carbonyl (C=O) groups is 1. The van der Waals surface area contributed by atoms with E-state index >= 15 is 0 Å². The molecule has 1 saturated heterocycles. The summed E-state index contributed by atoms with van der Waals surface area (Å²) in [4.78, 5) is 14.1. The molecule has 0 bridgehead atoms. The van der Waals surface area contributed by atoms with Crippen molar-refractivity contribution >= 4 is 5.97 Å². The van der Waals surface area contributed by atoms with Gasteiger partial charge in [0.15, 0.2) is 0 Å². The minimum Gasteiger partial charge on any atom is -0.492 e. The van der Waals surface area contributed by atoms with E-state index in [2.05, 4.69) is 4.90 Å². The zero-order valence-corrected chi connectivity index (χ0v) is 13.0. The van der Waals surface area contributed by atoms with Gasteiger partial charge in [-0.05, 0) is 44.9 Å². The summed E-state index contributed by atoms with van der Waals surface area (Å²) in [5, 5.41) is 0. The molecule has 0 radical (unpaired) electrons. The number of nitrogens with zero attached hydrogens (tertiary/aromatic N) is 1. The average molecular weight is 291 g/mol. The number of hydrogen-bond acceptors (Lipinski definition) is 4. The highest BCUT2D eigenvalue weighted by molar-refractivity contribution is 5.72. The van der Waals surface area contributed by atoms with Gasteiger partial charge in [0, 0.05) is 13.1 Å². The number of para-hydroxylation sites is 1. The van der Waals surface area contributed by atoms with Crippen molar-refractivity contribution in [3.05, 3.63) is 29.8 Å². The van der Waals surface area contributed by atoms with Crippen LogP contribution in [-0.4, -0.2) is 43.7 Å². The Balaban J connectivity index is 1.75. The first-order valence-electron chi connectivity index (χ1n) is 7.78. The van der Waals surface area contributed by atoms with Crippen molar-refractivity contribution < 1.29 is 14.3 Å². The highest BCUT2D eigenvalue weighted by atomic mass is 16.5. The Morgan fingerprint density at radius 1 is 1.38 bits per heavy atom. The summed E-state index contributed by atoms with van der Waals surface area (Å²) in [6.07, 6.45) is 1.99. The molecule has 116 valence electrons. The molecule has 0 aromatic heterocycles. The van der Waals surface area contributed by atoms with Crippen LogP contribution in [0.25, 0.3) is 0 Å². The Labute approximate surface area is 127 Å². The highest BCUT2D eigenvalue weighted by Gasteiger charge is 2.26. The van der Waals surface area contributed by atoms with E-state index in [1.54, 1.807) is 0 Å². The van der Waals surface area contributed by atoms with Crippen LogP contribution in [0.2, 0.25) is 0 Å². The summed E-state index contributed by atoms with van der Waals surface area (Å²) in [5.74, 6) is 0.913. The van der Waals surface area contributed by atoms with E-state index in [0.29, 0.717) is 13.2 Å². The van der Waals surface area contributed by atoms with Crippen LogP contribution < -0.4 is 4.74 Å². The Hall–Kier alpha value is -1.55. The van der Waals surface area contributed by atoms with Crippen LogP contribution in [0.4, 0.5) is 0 Å². The number of ether oxygens (including phenoxy) is 2. The van der Waals surface area contributed by atoms with Gasteiger partial charge in [-0.1, -0.05) is 18.2 Å². The zero-order valence-electron chi connectivity index (χ0n) is 13.0. The van der Waals surface area contributed by atoms with Crippen LogP contribution in [-0.2, 0) is 9.53 Å². The fourth-order valence-corrected chi connectivity index (χ4v) is 2.71. The molecule has 1 aliphatic heterocycles. The second-order valence-electron chi connectivity index (χ2n) is 5.51. The summed E-state index contributed by atoms with van der Waals surface area (Å²) in [6.45, 7) is 7.70. The van der Waals surface area contributed by atoms with Gasteiger partial charge in [0.25, 0.3) is 0 Å². The maximum Gasteiger partial charge on any atom is 0.310 e. The normalized spacial score (nSPS) is 19.2. The van der Waals surface area contributed by atoms with E-state index in [9.17, 15) is 4.79 Å². The molecule has 21 heavy (non-hydrogen) atoms. The number of esters is 1. The van der Waals surface area contributed by atoms with Crippen molar-refractivity contribution in [3.63, 3.8) is 0 Å². The second-order valence-corrected chi connectivity index (χ2v) is 5.51. The molecule has 0 aliphatic carbocycles. The van der Waals surface area contributed by atoms with Crippen molar-refractivity contribution in [2.75, 3.05) is 32.8 Å². The summed E-state index contributed by atoms with van der Waals surface area (Å²) in [7, 11) is 0. The number of benzene rings is 1. The molecule has 1 atom stereocenters. The van der Waals surface area contributed by atoms with Gasteiger partial charge in [0.1, 0.15) is 12.4 Å². The molecule has 4 nitrogen and oxygen atoms in total. The van der Waals surface area contributed by atoms with E-state index in [4.69, 9.17) is 9.47 Å². The second kappa shape index (κ2) is 8.03.